The van der Waals surface area contributed by atoms with E-state index in [1.54, 1.807) is 6.92 Å². The summed E-state index contributed by atoms with van der Waals surface area (Å²) < 4.78 is 26.3. The molecule has 1 unspecified atom stereocenters. The van der Waals surface area contributed by atoms with Gasteiger partial charge in [-0.25, -0.2) is 13.2 Å². The van der Waals surface area contributed by atoms with Gasteiger partial charge in [-0.05, 0) is 41.1 Å². The minimum atomic E-state index is -3.87. The van der Waals surface area contributed by atoms with Gasteiger partial charge >= 0.3 is 5.97 Å². The van der Waals surface area contributed by atoms with Gasteiger partial charge in [-0.2, -0.15) is 4.31 Å². The number of halogens is 1. The van der Waals surface area contributed by atoms with Crippen molar-refractivity contribution in [3.63, 3.8) is 0 Å². The van der Waals surface area contributed by atoms with Gasteiger partial charge in [-0.1, -0.05) is 0 Å². The maximum atomic E-state index is 12.5. The van der Waals surface area contributed by atoms with Crippen LogP contribution in [0.3, 0.4) is 0 Å². The third-order valence-corrected chi connectivity index (χ3v) is 5.79. The Balaban J connectivity index is 2.40. The van der Waals surface area contributed by atoms with E-state index in [4.69, 9.17) is 5.11 Å². The zero-order valence-electron chi connectivity index (χ0n) is 11.0. The number of nitrogens with zero attached hydrogens (tertiary/aromatic N) is 1. The number of benzene rings is 1. The molecule has 1 aromatic carbocycles. The van der Waals surface area contributed by atoms with Gasteiger partial charge in [-0.15, -0.1) is 0 Å². The van der Waals surface area contributed by atoms with Crippen molar-refractivity contribution in [2.24, 2.45) is 0 Å². The van der Waals surface area contributed by atoms with Crippen LogP contribution in [0.2, 0.25) is 0 Å². The van der Waals surface area contributed by atoms with Crippen molar-refractivity contribution in [2.75, 3.05) is 13.1 Å². The van der Waals surface area contributed by atoms with E-state index >= 15 is 0 Å². The van der Waals surface area contributed by atoms with Crippen LogP contribution in [0.1, 0.15) is 17.3 Å². The molecule has 1 amide bonds. The highest BCUT2D eigenvalue weighted by atomic mass is 79.9. The van der Waals surface area contributed by atoms with Crippen LogP contribution in [0.15, 0.2) is 27.6 Å². The number of amides is 1. The third kappa shape index (κ3) is 3.25. The molecule has 1 fully saturated rings. The Morgan fingerprint density at radius 2 is 2.14 bits per heavy atom. The first-order chi connectivity index (χ1) is 9.71. The first-order valence-corrected chi connectivity index (χ1v) is 8.27. The molecule has 9 heteroatoms. The topological polar surface area (TPSA) is 104 Å². The molecule has 2 rings (SSSR count). The standard InChI is InChI=1S/C12H13BrN2O5S/c1-7-5-15(6-11(16)14-7)21(19,20)10-3-2-8(12(17)18)4-9(10)13/h2-4,7H,5-6H2,1H3,(H,14,16)(H,17,18). The summed E-state index contributed by atoms with van der Waals surface area (Å²) in [5, 5.41) is 11.5. The van der Waals surface area contributed by atoms with E-state index in [1.165, 1.54) is 18.2 Å². The average molecular weight is 377 g/mol. The first-order valence-electron chi connectivity index (χ1n) is 6.04. The van der Waals surface area contributed by atoms with E-state index < -0.39 is 16.0 Å². The highest BCUT2D eigenvalue weighted by Gasteiger charge is 2.33. The molecular formula is C12H13BrN2O5S. The van der Waals surface area contributed by atoms with Crippen LogP contribution in [0.5, 0.6) is 0 Å². The van der Waals surface area contributed by atoms with Gasteiger partial charge in [0, 0.05) is 17.1 Å². The van der Waals surface area contributed by atoms with Crippen molar-refractivity contribution in [1.82, 2.24) is 9.62 Å². The molecule has 114 valence electrons. The Hall–Kier alpha value is -1.45. The molecule has 0 spiro atoms. The number of carbonyl (C=O) groups is 2. The van der Waals surface area contributed by atoms with Crippen molar-refractivity contribution < 1.29 is 23.1 Å². The predicted octanol–water partition coefficient (Wildman–Crippen LogP) is 0.656. The lowest BCUT2D eigenvalue weighted by Gasteiger charge is -2.30. The molecule has 0 radical (unpaired) electrons. The Morgan fingerprint density at radius 1 is 1.48 bits per heavy atom. The first kappa shape index (κ1) is 15.9. The fraction of sp³-hybridized carbons (Fsp3) is 0.333. The number of piperazine rings is 1. The summed E-state index contributed by atoms with van der Waals surface area (Å²) in [4.78, 5) is 22.3. The molecule has 1 saturated heterocycles. The zero-order chi connectivity index (χ0) is 15.8. The molecule has 21 heavy (non-hydrogen) atoms. The van der Waals surface area contributed by atoms with Crippen LogP contribution in [-0.2, 0) is 14.8 Å². The van der Waals surface area contributed by atoms with Gasteiger partial charge in [-0.3, -0.25) is 4.79 Å². The van der Waals surface area contributed by atoms with Crippen LogP contribution >= 0.6 is 15.9 Å². The van der Waals surface area contributed by atoms with E-state index in [9.17, 15) is 18.0 Å². The number of carboxylic acids is 1. The molecule has 1 atom stereocenters. The molecule has 0 saturated carbocycles. The fourth-order valence-electron chi connectivity index (χ4n) is 2.06. The van der Waals surface area contributed by atoms with Crippen LogP contribution < -0.4 is 5.32 Å². The summed E-state index contributed by atoms with van der Waals surface area (Å²) in [5.41, 5.74) is -0.0226. The highest BCUT2D eigenvalue weighted by molar-refractivity contribution is 9.10. The van der Waals surface area contributed by atoms with Crippen molar-refractivity contribution in [3.8, 4) is 0 Å². The van der Waals surface area contributed by atoms with Crippen molar-refractivity contribution in [1.29, 1.82) is 0 Å². The maximum absolute atomic E-state index is 12.5. The maximum Gasteiger partial charge on any atom is 0.335 e. The van der Waals surface area contributed by atoms with Crippen molar-refractivity contribution >= 4 is 37.8 Å². The average Bonchev–Trinajstić information content (AvgIpc) is 2.36. The lowest BCUT2D eigenvalue weighted by Crippen LogP contribution is -2.54. The molecule has 7 nitrogen and oxygen atoms in total. The number of aromatic carboxylic acids is 1. The molecule has 0 aliphatic carbocycles. The van der Waals surface area contributed by atoms with Gasteiger partial charge in [0.15, 0.2) is 0 Å². The minimum absolute atomic E-state index is 0.0226. The number of sulfonamides is 1. The summed E-state index contributed by atoms with van der Waals surface area (Å²) >= 11 is 3.08. The Kier molecular flexibility index (Phi) is 4.35. The van der Waals surface area contributed by atoms with E-state index in [0.717, 1.165) is 4.31 Å². The Labute approximate surface area is 130 Å². The van der Waals surface area contributed by atoms with Gasteiger partial charge < -0.3 is 10.4 Å². The minimum Gasteiger partial charge on any atom is -0.478 e. The van der Waals surface area contributed by atoms with Gasteiger partial charge in [0.2, 0.25) is 15.9 Å². The molecule has 0 bridgehead atoms. The van der Waals surface area contributed by atoms with Crippen molar-refractivity contribution in [2.45, 2.75) is 17.9 Å². The highest BCUT2D eigenvalue weighted by Crippen LogP contribution is 2.27. The number of carbonyl (C=O) groups excluding carboxylic acids is 1. The van der Waals surface area contributed by atoms with Crippen LogP contribution in [0.25, 0.3) is 0 Å². The third-order valence-electron chi connectivity index (χ3n) is 3.00. The quantitative estimate of drug-likeness (QED) is 0.805. The smallest absolute Gasteiger partial charge is 0.335 e. The van der Waals surface area contributed by atoms with E-state index in [-0.39, 0.29) is 40.0 Å². The van der Waals surface area contributed by atoms with E-state index in [2.05, 4.69) is 21.2 Å². The Bertz CT molecular complexity index is 704. The second kappa shape index (κ2) is 5.74. The SMILES string of the molecule is CC1CN(S(=O)(=O)c2ccc(C(=O)O)cc2Br)CC(=O)N1. The monoisotopic (exact) mass is 376 g/mol. The number of nitrogens with one attached hydrogen (secondary N) is 1. The van der Waals surface area contributed by atoms with E-state index in [1.807, 2.05) is 0 Å². The number of rotatable bonds is 3. The van der Waals surface area contributed by atoms with Gasteiger partial charge in [0.05, 0.1) is 17.0 Å². The fourth-order valence-corrected chi connectivity index (χ4v) is 4.58. The molecule has 1 aliphatic heterocycles. The van der Waals surface area contributed by atoms with Crippen LogP contribution in [0, 0.1) is 0 Å². The van der Waals surface area contributed by atoms with Crippen molar-refractivity contribution in [3.05, 3.63) is 28.2 Å². The van der Waals surface area contributed by atoms with E-state index in [0.29, 0.717) is 0 Å². The Morgan fingerprint density at radius 3 is 2.67 bits per heavy atom. The molecule has 1 heterocycles. The molecule has 1 aromatic rings. The van der Waals surface area contributed by atoms with Crippen LogP contribution in [0.4, 0.5) is 0 Å². The number of hydrogen-bond donors (Lipinski definition) is 2. The van der Waals surface area contributed by atoms with Crippen LogP contribution in [-0.4, -0.2) is 48.8 Å². The van der Waals surface area contributed by atoms with Gasteiger partial charge in [0.1, 0.15) is 0 Å². The number of hydrogen-bond acceptors (Lipinski definition) is 4. The normalized spacial score (nSPS) is 20.1. The summed E-state index contributed by atoms with van der Waals surface area (Å²) in [5.74, 6) is -1.51. The lowest BCUT2D eigenvalue weighted by atomic mass is 10.2. The van der Waals surface area contributed by atoms with Gasteiger partial charge in [0.25, 0.3) is 0 Å². The second-order valence-corrected chi connectivity index (χ2v) is 7.48. The number of carboxylic acid groups (broad SMARTS) is 1. The predicted molar refractivity (Wildman–Crippen MR) is 77.5 cm³/mol. The lowest BCUT2D eigenvalue weighted by molar-refractivity contribution is -0.123. The summed E-state index contributed by atoms with van der Waals surface area (Å²) in [7, 11) is -3.87. The summed E-state index contributed by atoms with van der Waals surface area (Å²) in [6.07, 6.45) is 0. The largest absolute Gasteiger partial charge is 0.478 e. The summed E-state index contributed by atoms with van der Waals surface area (Å²) in [6.45, 7) is 1.63. The second-order valence-electron chi connectivity index (χ2n) is 4.72. The molecule has 2 N–H and O–H groups in total. The molecule has 0 aromatic heterocycles. The molecule has 1 aliphatic rings. The molecular weight excluding hydrogens is 364 g/mol. The summed E-state index contributed by atoms with van der Waals surface area (Å²) in [6, 6.07) is 3.38. The zero-order valence-corrected chi connectivity index (χ0v) is 13.4.